The lowest BCUT2D eigenvalue weighted by Crippen LogP contribution is -2.07. The second-order valence-electron chi connectivity index (χ2n) is 8.73. The first-order valence-electron chi connectivity index (χ1n) is 10.9. The van der Waals surface area contributed by atoms with Crippen LogP contribution in [0.25, 0.3) is 67.5 Å². The van der Waals surface area contributed by atoms with Crippen LogP contribution in [0, 0.1) is 0 Å². The molecule has 3 aromatic heterocycles. The van der Waals surface area contributed by atoms with Gasteiger partial charge >= 0.3 is 0 Å². The molecule has 0 unspecified atom stereocenters. The lowest BCUT2D eigenvalue weighted by Gasteiger charge is -2.16. The van der Waals surface area contributed by atoms with Crippen molar-refractivity contribution in [2.45, 2.75) is 32.7 Å². The van der Waals surface area contributed by atoms with Crippen molar-refractivity contribution >= 4 is 67.5 Å². The normalized spacial score (nSPS) is 14.2. The summed E-state index contributed by atoms with van der Waals surface area (Å²) in [6.07, 6.45) is 3.37. The highest BCUT2D eigenvalue weighted by Gasteiger charge is 2.24. The number of nitrogens with zero attached hydrogens (tertiary/aromatic N) is 1. The van der Waals surface area contributed by atoms with Crippen molar-refractivity contribution in [3.8, 4) is 0 Å². The highest BCUT2D eigenvalue weighted by molar-refractivity contribution is 6.35. The van der Waals surface area contributed by atoms with Crippen molar-refractivity contribution in [1.82, 2.24) is 14.5 Å². The minimum Gasteiger partial charge on any atom is -0.355 e. The van der Waals surface area contributed by atoms with E-state index in [4.69, 9.17) is 0 Å². The summed E-state index contributed by atoms with van der Waals surface area (Å²) in [5.74, 6) is 0. The van der Waals surface area contributed by atoms with Gasteiger partial charge in [0.1, 0.15) is 0 Å². The van der Waals surface area contributed by atoms with Crippen LogP contribution in [0.5, 0.6) is 0 Å². The maximum absolute atomic E-state index is 4.38. The largest absolute Gasteiger partial charge is 0.355 e. The van der Waals surface area contributed by atoms with Gasteiger partial charge in [-0.2, -0.15) is 0 Å². The van der Waals surface area contributed by atoms with E-state index in [2.05, 4.69) is 71.0 Å². The Hall–Kier alpha value is -3.46. The van der Waals surface area contributed by atoms with E-state index in [9.17, 15) is 0 Å². The number of para-hydroxylation sites is 1. The average molecular weight is 390 g/mol. The Morgan fingerprint density at radius 2 is 1.73 bits per heavy atom. The van der Waals surface area contributed by atoms with Crippen LogP contribution >= 0.6 is 0 Å². The van der Waals surface area contributed by atoms with Crippen LogP contribution in [0.15, 0.2) is 36.4 Å². The van der Waals surface area contributed by atoms with Gasteiger partial charge in [-0.25, -0.2) is 0 Å². The molecule has 7 rings (SSSR count). The van der Waals surface area contributed by atoms with Gasteiger partial charge in [-0.15, -0.1) is 0 Å². The van der Waals surface area contributed by atoms with Crippen molar-refractivity contribution in [2.24, 2.45) is 0 Å². The summed E-state index contributed by atoms with van der Waals surface area (Å²) in [6, 6.07) is 13.6. The van der Waals surface area contributed by atoms with E-state index < -0.39 is 0 Å². The number of aromatic amines is 2. The Bertz CT molecular complexity index is 1790. The van der Waals surface area contributed by atoms with Crippen molar-refractivity contribution in [2.75, 3.05) is 0 Å². The van der Waals surface area contributed by atoms with E-state index in [1.54, 1.807) is 0 Å². The van der Waals surface area contributed by atoms with Crippen molar-refractivity contribution < 1.29 is 0 Å². The number of rotatable bonds is 1. The smallest absolute Gasteiger partial charge is 0.0744 e. The number of aryl methyl sites for hydroxylation is 3. The Morgan fingerprint density at radius 3 is 2.57 bits per heavy atom. The molecule has 0 spiro atoms. The summed E-state index contributed by atoms with van der Waals surface area (Å²) in [5.41, 5.74) is 7.96. The number of hydrogen-bond acceptors (Lipinski definition) is 0. The maximum atomic E-state index is 4.38. The minimum absolute atomic E-state index is 0.953. The molecule has 30 heavy (non-hydrogen) atoms. The predicted molar refractivity (Wildman–Crippen MR) is 129 cm³/mol. The first-order chi connectivity index (χ1) is 14.7. The summed E-state index contributed by atoms with van der Waals surface area (Å²) in [5, 5.41) is 9.55. The zero-order chi connectivity index (χ0) is 20.1. The van der Waals surface area contributed by atoms with E-state index in [1.807, 2.05) is 0 Å². The fraction of sp³-hybridized carbons (Fsp3) is 0.185. The fourth-order valence-electron chi connectivity index (χ4n) is 5.91. The molecule has 0 saturated carbocycles. The van der Waals surface area contributed by atoms with Crippen LogP contribution in [0.3, 0.4) is 0 Å². The number of hydrogen-bond donors (Lipinski definition) is 2. The average Bonchev–Trinajstić information content (AvgIpc) is 3.39. The molecule has 0 aliphatic carbocycles. The van der Waals surface area contributed by atoms with E-state index in [1.165, 1.54) is 71.9 Å². The number of nitrogens with one attached hydrogen (secondary N) is 2. The van der Waals surface area contributed by atoms with E-state index >= 15 is 0 Å². The van der Waals surface area contributed by atoms with Gasteiger partial charge in [0.05, 0.1) is 16.6 Å². The lowest BCUT2D eigenvalue weighted by atomic mass is 9.99. The zero-order valence-electron chi connectivity index (χ0n) is 17.2. The highest BCUT2D eigenvalue weighted by Crippen LogP contribution is 2.43. The third-order valence-corrected chi connectivity index (χ3v) is 7.16. The number of benzene rings is 3. The first-order valence-corrected chi connectivity index (χ1v) is 10.9. The van der Waals surface area contributed by atoms with Gasteiger partial charge in [-0.05, 0) is 36.5 Å². The molecule has 0 radical (unpaired) electrons. The molecule has 0 bridgehead atoms. The molecule has 3 aromatic carbocycles. The third kappa shape index (κ3) is 1.77. The molecule has 3 heteroatoms. The Labute approximate surface area is 173 Å². The lowest BCUT2D eigenvalue weighted by molar-refractivity contribution is 0.652. The van der Waals surface area contributed by atoms with Crippen molar-refractivity contribution in [1.29, 1.82) is 0 Å². The fourth-order valence-corrected chi connectivity index (χ4v) is 5.91. The molecular formula is C27H23N3. The maximum Gasteiger partial charge on any atom is 0.0744 e. The third-order valence-electron chi connectivity index (χ3n) is 7.16. The SMILES string of the molecule is C=c1[nH]c(=C)c2c1c1c3ccc(CC)cc3[nH]c1c1c2c2cccc3c2n1CCC3. The van der Waals surface area contributed by atoms with Gasteiger partial charge in [0, 0.05) is 55.1 Å². The monoisotopic (exact) mass is 389 g/mol. The molecule has 0 atom stereocenters. The van der Waals surface area contributed by atoms with Crippen LogP contribution < -0.4 is 10.7 Å². The molecule has 0 amide bonds. The Morgan fingerprint density at radius 1 is 0.900 bits per heavy atom. The van der Waals surface area contributed by atoms with Gasteiger partial charge in [0.2, 0.25) is 0 Å². The van der Waals surface area contributed by atoms with Gasteiger partial charge in [0.25, 0.3) is 0 Å². The van der Waals surface area contributed by atoms with Gasteiger partial charge < -0.3 is 14.5 Å². The van der Waals surface area contributed by atoms with Crippen LogP contribution in [0.1, 0.15) is 24.5 Å². The molecule has 0 fully saturated rings. The van der Waals surface area contributed by atoms with Gasteiger partial charge in [-0.3, -0.25) is 0 Å². The summed E-state index contributed by atoms with van der Waals surface area (Å²) in [6.45, 7) is 12.0. The quantitative estimate of drug-likeness (QED) is 0.386. The molecule has 6 aromatic rings. The first kappa shape index (κ1) is 16.3. The van der Waals surface area contributed by atoms with Crippen molar-refractivity contribution in [3.05, 3.63) is 58.2 Å². The van der Waals surface area contributed by atoms with Crippen LogP contribution in [-0.2, 0) is 19.4 Å². The summed E-state index contributed by atoms with van der Waals surface area (Å²) >= 11 is 0. The zero-order valence-corrected chi connectivity index (χ0v) is 17.2. The van der Waals surface area contributed by atoms with Crippen LogP contribution in [-0.4, -0.2) is 14.5 Å². The predicted octanol–water partition coefficient (Wildman–Crippen LogP) is 5.24. The molecule has 4 heterocycles. The Kier molecular flexibility index (Phi) is 2.92. The minimum atomic E-state index is 0.953. The molecule has 146 valence electrons. The molecule has 1 aliphatic rings. The van der Waals surface area contributed by atoms with Crippen molar-refractivity contribution in [3.63, 3.8) is 0 Å². The standard InChI is InChI=1S/C27H23N3/c1-4-16-10-11-18-20(13-16)29-25-23(18)21-14(2)28-15(3)22(21)24-19-9-5-7-17-8-6-12-30(26(17)19)27(24)25/h5,7,9-11,13,28-29H,2-4,6,8,12H2,1H3. The molecular weight excluding hydrogens is 366 g/mol. The second kappa shape index (κ2) is 5.37. The summed E-state index contributed by atoms with van der Waals surface area (Å²) in [7, 11) is 0. The van der Waals surface area contributed by atoms with Crippen LogP contribution in [0.2, 0.25) is 0 Å². The van der Waals surface area contributed by atoms with Gasteiger partial charge in [-0.1, -0.05) is 50.4 Å². The Balaban J connectivity index is 1.90. The van der Waals surface area contributed by atoms with Gasteiger partial charge in [0.15, 0.2) is 0 Å². The number of aromatic nitrogens is 3. The van der Waals surface area contributed by atoms with E-state index in [0.29, 0.717) is 0 Å². The van der Waals surface area contributed by atoms with E-state index in [-0.39, 0.29) is 0 Å². The molecule has 0 saturated heterocycles. The summed E-state index contributed by atoms with van der Waals surface area (Å²) in [4.78, 5) is 7.27. The topological polar surface area (TPSA) is 36.5 Å². The molecule has 1 aliphatic heterocycles. The summed E-state index contributed by atoms with van der Waals surface area (Å²) < 4.78 is 2.55. The molecule has 2 N–H and O–H groups in total. The van der Waals surface area contributed by atoms with Crippen LogP contribution in [0.4, 0.5) is 0 Å². The van der Waals surface area contributed by atoms with E-state index in [0.717, 1.165) is 30.1 Å². The number of fused-ring (bicyclic) bond motifs is 10. The molecule has 3 nitrogen and oxygen atoms in total. The second-order valence-corrected chi connectivity index (χ2v) is 8.73. The highest BCUT2D eigenvalue weighted by atomic mass is 15.0. The number of H-pyrrole nitrogens is 2.